The zero-order valence-electron chi connectivity index (χ0n) is 24.3. The molecule has 0 saturated heterocycles. The van der Waals surface area contributed by atoms with Gasteiger partial charge in [-0.25, -0.2) is 4.58 Å². The van der Waals surface area contributed by atoms with Gasteiger partial charge in [0.2, 0.25) is 0 Å². The summed E-state index contributed by atoms with van der Waals surface area (Å²) in [4.78, 5) is 0. The third-order valence-electron chi connectivity index (χ3n) is 7.66. The van der Waals surface area contributed by atoms with E-state index in [1.165, 1.54) is 85.8 Å². The average Bonchev–Trinajstić information content (AvgIpc) is 2.87. The molecule has 0 bridgehead atoms. The van der Waals surface area contributed by atoms with Gasteiger partial charge in [-0.15, -0.1) is 0 Å². The predicted molar refractivity (Wildman–Crippen MR) is 153 cm³/mol. The number of halogens is 1. The Morgan fingerprint density at radius 3 is 1.92 bits per heavy atom. The highest BCUT2D eigenvalue weighted by atomic mass is 35.5. The Hall–Kier alpha value is -2.00. The second-order valence-electron chi connectivity index (χ2n) is 11.5. The Balaban J connectivity index is 0.00000481. The zero-order chi connectivity index (χ0) is 26.0. The number of fused-ring (bicyclic) bond motifs is 1. The highest BCUT2D eigenvalue weighted by molar-refractivity contribution is 5.99. The summed E-state index contributed by atoms with van der Waals surface area (Å²) < 4.78 is 13.9. The standard InChI is InChI=1S/C33H50NO2.ClH/c1-7-8-9-10-11-12-13-14-15-16-30-29-24-32(36-6)31(35-5)23-27(29)21-22-34(30)25-26-17-19-28(20-18-26)33(2,3)4;/h17-20,23-24H,7-16,21-22,25H2,1-6H3;1H/q+1;/p-1. The molecule has 37 heavy (non-hydrogen) atoms. The van der Waals surface area contributed by atoms with Gasteiger partial charge in [0, 0.05) is 24.0 Å². The Kier molecular flexibility index (Phi) is 13.0. The number of hydrogen-bond donors (Lipinski definition) is 0. The van der Waals surface area contributed by atoms with Gasteiger partial charge in [-0.05, 0) is 35.1 Å². The van der Waals surface area contributed by atoms with Crippen LogP contribution in [-0.4, -0.2) is 31.1 Å². The van der Waals surface area contributed by atoms with Crippen LogP contribution in [0.15, 0.2) is 36.4 Å². The minimum Gasteiger partial charge on any atom is -1.00 e. The molecule has 1 heterocycles. The molecule has 0 fully saturated rings. The average molecular weight is 528 g/mol. The van der Waals surface area contributed by atoms with Crippen LogP contribution in [0.1, 0.15) is 114 Å². The first kappa shape index (κ1) is 31.2. The third-order valence-corrected chi connectivity index (χ3v) is 7.66. The number of benzene rings is 2. The lowest BCUT2D eigenvalue weighted by Gasteiger charge is -2.22. The topological polar surface area (TPSA) is 21.5 Å². The van der Waals surface area contributed by atoms with Crippen LogP contribution in [0.25, 0.3) is 0 Å². The highest BCUT2D eigenvalue weighted by Crippen LogP contribution is 2.33. The predicted octanol–water partition coefficient (Wildman–Crippen LogP) is 5.48. The van der Waals surface area contributed by atoms with Gasteiger partial charge in [0.05, 0.1) is 14.2 Å². The van der Waals surface area contributed by atoms with Crippen LogP contribution in [-0.2, 0) is 18.4 Å². The Morgan fingerprint density at radius 2 is 1.35 bits per heavy atom. The zero-order valence-corrected chi connectivity index (χ0v) is 25.1. The number of unbranched alkanes of at least 4 members (excludes halogenated alkanes) is 8. The van der Waals surface area contributed by atoms with Gasteiger partial charge in [-0.3, -0.25) is 0 Å². The number of rotatable bonds is 14. The first-order valence-corrected chi connectivity index (χ1v) is 14.3. The van der Waals surface area contributed by atoms with Gasteiger partial charge >= 0.3 is 0 Å². The molecule has 0 N–H and O–H groups in total. The second-order valence-corrected chi connectivity index (χ2v) is 11.5. The SMILES string of the molecule is CCCCCCCCCCCC1=[N+](Cc2ccc(C(C)(C)C)cc2)CCc2cc(OC)c(OC)cc21.[Cl-]. The van der Waals surface area contributed by atoms with Gasteiger partial charge in [0.25, 0.3) is 0 Å². The number of methoxy groups -OCH3 is 2. The van der Waals surface area contributed by atoms with Crippen molar-refractivity contribution >= 4 is 5.71 Å². The lowest BCUT2D eigenvalue weighted by Crippen LogP contribution is -3.00. The van der Waals surface area contributed by atoms with Crippen LogP contribution >= 0.6 is 0 Å². The van der Waals surface area contributed by atoms with Crippen molar-refractivity contribution in [3.63, 3.8) is 0 Å². The van der Waals surface area contributed by atoms with Gasteiger partial charge in [-0.2, -0.15) is 0 Å². The Labute approximate surface area is 233 Å². The van der Waals surface area contributed by atoms with Crippen LogP contribution in [0.3, 0.4) is 0 Å². The lowest BCUT2D eigenvalue weighted by atomic mass is 9.86. The monoisotopic (exact) mass is 527 g/mol. The van der Waals surface area contributed by atoms with E-state index < -0.39 is 0 Å². The molecule has 0 unspecified atom stereocenters. The van der Waals surface area contributed by atoms with E-state index in [0.29, 0.717) is 0 Å². The van der Waals surface area contributed by atoms with Crippen molar-refractivity contribution in [3.8, 4) is 11.5 Å². The molecular weight excluding hydrogens is 478 g/mol. The second kappa shape index (κ2) is 15.4. The maximum Gasteiger partial charge on any atom is 0.184 e. The summed E-state index contributed by atoms with van der Waals surface area (Å²) in [5.41, 5.74) is 7.18. The van der Waals surface area contributed by atoms with Crippen molar-refractivity contribution in [2.45, 2.75) is 110 Å². The molecule has 206 valence electrons. The van der Waals surface area contributed by atoms with E-state index in [4.69, 9.17) is 9.47 Å². The van der Waals surface area contributed by atoms with Crippen molar-refractivity contribution < 1.29 is 26.5 Å². The summed E-state index contributed by atoms with van der Waals surface area (Å²) in [6, 6.07) is 13.7. The minimum atomic E-state index is 0. The first-order chi connectivity index (χ1) is 17.4. The molecule has 1 aliphatic rings. The van der Waals surface area contributed by atoms with E-state index in [9.17, 15) is 0 Å². The van der Waals surface area contributed by atoms with Gasteiger partial charge in [-0.1, -0.05) is 103 Å². The summed E-state index contributed by atoms with van der Waals surface area (Å²) >= 11 is 0. The number of nitrogens with zero attached hydrogens (tertiary/aromatic N) is 1. The van der Waals surface area contributed by atoms with Crippen molar-refractivity contribution in [2.24, 2.45) is 0 Å². The first-order valence-electron chi connectivity index (χ1n) is 14.3. The molecule has 2 aromatic carbocycles. The normalized spacial score (nSPS) is 13.2. The van der Waals surface area contributed by atoms with Gasteiger partial charge in [0.15, 0.2) is 23.8 Å². The summed E-state index contributed by atoms with van der Waals surface area (Å²) in [5, 5.41) is 0. The van der Waals surface area contributed by atoms with Crippen molar-refractivity contribution in [3.05, 3.63) is 58.7 Å². The molecule has 0 aliphatic carbocycles. The molecule has 3 nitrogen and oxygen atoms in total. The van der Waals surface area contributed by atoms with E-state index in [0.717, 1.165) is 37.4 Å². The molecule has 1 aliphatic heterocycles. The van der Waals surface area contributed by atoms with Crippen LogP contribution < -0.4 is 21.9 Å². The van der Waals surface area contributed by atoms with Gasteiger partial charge < -0.3 is 21.9 Å². The Morgan fingerprint density at radius 1 is 0.784 bits per heavy atom. The van der Waals surface area contributed by atoms with Gasteiger partial charge in [0.1, 0.15) is 6.54 Å². The summed E-state index contributed by atoms with van der Waals surface area (Å²) in [7, 11) is 3.47. The largest absolute Gasteiger partial charge is 1.00 e. The maximum atomic E-state index is 5.69. The van der Waals surface area contributed by atoms with E-state index in [2.05, 4.69) is 68.7 Å². The van der Waals surface area contributed by atoms with E-state index in [-0.39, 0.29) is 17.8 Å². The third kappa shape index (κ3) is 9.06. The van der Waals surface area contributed by atoms with E-state index in [1.54, 1.807) is 14.2 Å². The molecule has 0 saturated carbocycles. The number of ether oxygens (including phenoxy) is 2. The van der Waals surface area contributed by atoms with E-state index in [1.807, 2.05) is 0 Å². The molecular formula is C33H50ClNO2. The van der Waals surface area contributed by atoms with Crippen molar-refractivity contribution in [1.29, 1.82) is 0 Å². The molecule has 0 amide bonds. The van der Waals surface area contributed by atoms with E-state index >= 15 is 0 Å². The fraction of sp³-hybridized carbons (Fsp3) is 0.606. The summed E-state index contributed by atoms with van der Waals surface area (Å²) in [6.45, 7) is 11.1. The smallest absolute Gasteiger partial charge is 0.184 e. The fourth-order valence-electron chi connectivity index (χ4n) is 5.36. The minimum absolute atomic E-state index is 0. The number of hydrogen-bond acceptors (Lipinski definition) is 2. The van der Waals surface area contributed by atoms with Crippen molar-refractivity contribution in [2.75, 3.05) is 20.8 Å². The van der Waals surface area contributed by atoms with Crippen LogP contribution in [0.2, 0.25) is 0 Å². The molecule has 2 aromatic rings. The van der Waals surface area contributed by atoms with Crippen LogP contribution in [0.5, 0.6) is 11.5 Å². The molecule has 0 aromatic heterocycles. The van der Waals surface area contributed by atoms with Crippen molar-refractivity contribution in [1.82, 2.24) is 0 Å². The fourth-order valence-corrected chi connectivity index (χ4v) is 5.36. The summed E-state index contributed by atoms with van der Waals surface area (Å²) in [6.07, 6.45) is 14.4. The van der Waals surface area contributed by atoms with Crippen LogP contribution in [0, 0.1) is 0 Å². The molecule has 3 rings (SSSR count). The highest BCUT2D eigenvalue weighted by Gasteiger charge is 2.27. The molecule has 0 spiro atoms. The summed E-state index contributed by atoms with van der Waals surface area (Å²) in [5.74, 6) is 1.67. The maximum absolute atomic E-state index is 5.69. The quantitative estimate of drug-likeness (QED) is 0.239. The molecule has 0 atom stereocenters. The Bertz CT molecular complexity index is 989. The lowest BCUT2D eigenvalue weighted by molar-refractivity contribution is -0.545. The van der Waals surface area contributed by atoms with Crippen LogP contribution in [0.4, 0.5) is 0 Å². The molecule has 4 heteroatoms. The molecule has 0 radical (unpaired) electrons.